The lowest BCUT2D eigenvalue weighted by Crippen LogP contribution is -2.51. The molecule has 3 aliphatic rings. The molecule has 0 bridgehead atoms. The Morgan fingerprint density at radius 1 is 1.04 bits per heavy atom. The first-order chi connectivity index (χ1) is 11.7. The minimum Gasteiger partial charge on any atom is -0.347 e. The van der Waals surface area contributed by atoms with Crippen LogP contribution in [0.25, 0.3) is 0 Å². The maximum absolute atomic E-state index is 12.7. The van der Waals surface area contributed by atoms with Crippen molar-refractivity contribution in [2.24, 2.45) is 0 Å². The molecule has 1 aromatic rings. The molecule has 2 amide bonds. The molecule has 0 aromatic heterocycles. The van der Waals surface area contributed by atoms with Gasteiger partial charge in [0.1, 0.15) is 0 Å². The molecule has 3 saturated heterocycles. The zero-order chi connectivity index (χ0) is 16.6. The van der Waals surface area contributed by atoms with E-state index in [1.54, 1.807) is 0 Å². The van der Waals surface area contributed by atoms with Gasteiger partial charge in [-0.1, -0.05) is 30.3 Å². The molecular weight excluding hydrogens is 308 g/mol. The summed E-state index contributed by atoms with van der Waals surface area (Å²) in [5, 5.41) is 0. The summed E-state index contributed by atoms with van der Waals surface area (Å²) in [6.07, 6.45) is 1.79. The number of nitrogens with zero attached hydrogens (tertiary/aromatic N) is 2. The minimum absolute atomic E-state index is 0.0759. The van der Waals surface area contributed by atoms with Crippen molar-refractivity contribution in [3.63, 3.8) is 0 Å². The average Bonchev–Trinajstić information content (AvgIpc) is 3.17. The molecule has 0 unspecified atom stereocenters. The predicted molar refractivity (Wildman–Crippen MR) is 85.8 cm³/mol. The molecule has 24 heavy (non-hydrogen) atoms. The molecule has 0 aliphatic carbocycles. The fourth-order valence-electron chi connectivity index (χ4n) is 3.85. The van der Waals surface area contributed by atoms with Gasteiger partial charge >= 0.3 is 0 Å². The smallest absolute Gasteiger partial charge is 0.247 e. The zero-order valence-electron chi connectivity index (χ0n) is 13.6. The van der Waals surface area contributed by atoms with Gasteiger partial charge in [0.15, 0.2) is 5.79 Å². The van der Waals surface area contributed by atoms with Gasteiger partial charge in [0, 0.05) is 25.9 Å². The van der Waals surface area contributed by atoms with E-state index < -0.39 is 5.79 Å². The molecule has 3 fully saturated rings. The van der Waals surface area contributed by atoms with Gasteiger partial charge in [-0.15, -0.1) is 0 Å². The first-order valence-corrected chi connectivity index (χ1v) is 8.57. The Bertz CT molecular complexity index is 617. The van der Waals surface area contributed by atoms with Crippen LogP contribution >= 0.6 is 0 Å². The van der Waals surface area contributed by atoms with Crippen LogP contribution in [-0.2, 0) is 25.6 Å². The third-order valence-electron chi connectivity index (χ3n) is 5.22. The number of carbonyl (C=O) groups is 2. The Hall–Kier alpha value is -1.76. The van der Waals surface area contributed by atoms with Crippen molar-refractivity contribution in [3.8, 4) is 0 Å². The van der Waals surface area contributed by atoms with Crippen LogP contribution in [0.15, 0.2) is 30.3 Å². The number of piperidine rings is 1. The number of likely N-dealkylation sites (tertiary alicyclic amines) is 2. The second kappa shape index (κ2) is 6.27. The highest BCUT2D eigenvalue weighted by Crippen LogP contribution is 2.33. The van der Waals surface area contributed by atoms with E-state index in [1.807, 2.05) is 30.3 Å². The van der Waals surface area contributed by atoms with Gasteiger partial charge in [0.2, 0.25) is 11.8 Å². The lowest BCUT2D eigenvalue weighted by molar-refractivity contribution is -0.188. The number of ether oxygens (including phenoxy) is 2. The summed E-state index contributed by atoms with van der Waals surface area (Å²) in [6.45, 7) is 3.10. The highest BCUT2D eigenvalue weighted by Gasteiger charge is 2.46. The van der Waals surface area contributed by atoms with Gasteiger partial charge in [-0.25, -0.2) is 0 Å². The van der Waals surface area contributed by atoms with Crippen molar-refractivity contribution in [1.29, 1.82) is 0 Å². The molecule has 128 valence electrons. The lowest BCUT2D eigenvalue weighted by Gasteiger charge is -2.39. The van der Waals surface area contributed by atoms with Gasteiger partial charge in [-0.05, 0) is 5.56 Å². The van der Waals surface area contributed by atoms with Crippen molar-refractivity contribution < 1.29 is 19.1 Å². The van der Waals surface area contributed by atoms with E-state index in [4.69, 9.17) is 9.47 Å². The predicted octanol–water partition coefficient (Wildman–Crippen LogP) is 1.15. The molecule has 3 aliphatic heterocycles. The summed E-state index contributed by atoms with van der Waals surface area (Å²) in [5.41, 5.74) is 0.977. The second-order valence-electron chi connectivity index (χ2n) is 6.67. The summed E-state index contributed by atoms with van der Waals surface area (Å²) < 4.78 is 11.5. The van der Waals surface area contributed by atoms with E-state index in [9.17, 15) is 9.59 Å². The number of amides is 2. The van der Waals surface area contributed by atoms with Crippen LogP contribution in [-0.4, -0.2) is 59.7 Å². The molecule has 1 spiro atoms. The number of carbonyl (C=O) groups excluding carboxylic acids is 2. The monoisotopic (exact) mass is 330 g/mol. The molecule has 6 heteroatoms. The maximum atomic E-state index is 12.7. The van der Waals surface area contributed by atoms with Crippen LogP contribution in [0.4, 0.5) is 0 Å². The summed E-state index contributed by atoms with van der Waals surface area (Å²) in [6, 6.07) is 9.31. The van der Waals surface area contributed by atoms with E-state index in [0.29, 0.717) is 19.8 Å². The van der Waals surface area contributed by atoms with Crippen molar-refractivity contribution in [2.45, 2.75) is 37.6 Å². The maximum Gasteiger partial charge on any atom is 0.247 e. The van der Waals surface area contributed by atoms with Gasteiger partial charge in [0.05, 0.1) is 32.2 Å². The Kier molecular flexibility index (Phi) is 4.12. The highest BCUT2D eigenvalue weighted by atomic mass is 16.7. The molecule has 4 rings (SSSR count). The van der Waals surface area contributed by atoms with E-state index in [2.05, 4.69) is 4.90 Å². The Morgan fingerprint density at radius 2 is 1.71 bits per heavy atom. The van der Waals surface area contributed by atoms with Gasteiger partial charge in [-0.3, -0.25) is 19.4 Å². The number of rotatable bonds is 3. The van der Waals surface area contributed by atoms with Crippen molar-refractivity contribution in [1.82, 2.24) is 9.80 Å². The molecular formula is C18H22N2O4. The topological polar surface area (TPSA) is 59.1 Å². The Morgan fingerprint density at radius 3 is 2.38 bits per heavy atom. The second-order valence-corrected chi connectivity index (χ2v) is 6.67. The fraction of sp³-hybridized carbons (Fsp3) is 0.556. The van der Waals surface area contributed by atoms with Crippen LogP contribution in [0.3, 0.4) is 0 Å². The van der Waals surface area contributed by atoms with E-state index in [0.717, 1.165) is 31.5 Å². The average molecular weight is 330 g/mol. The lowest BCUT2D eigenvalue weighted by atomic mass is 10.0. The van der Waals surface area contributed by atoms with Crippen LogP contribution in [0.2, 0.25) is 0 Å². The third-order valence-corrected chi connectivity index (χ3v) is 5.22. The SMILES string of the molecule is O=C1C[C@H](N2CCC3(CC2)OCCO3)C(=O)N1Cc1ccccc1. The molecule has 0 N–H and O–H groups in total. The normalized spacial score (nSPS) is 27.3. The first-order valence-electron chi connectivity index (χ1n) is 8.57. The largest absolute Gasteiger partial charge is 0.347 e. The minimum atomic E-state index is -0.452. The van der Waals surface area contributed by atoms with Crippen LogP contribution in [0.5, 0.6) is 0 Å². The summed E-state index contributed by atoms with van der Waals surface area (Å²) in [4.78, 5) is 28.6. The van der Waals surface area contributed by atoms with E-state index in [1.165, 1.54) is 4.90 Å². The van der Waals surface area contributed by atoms with Gasteiger partial charge in [-0.2, -0.15) is 0 Å². The van der Waals surface area contributed by atoms with Gasteiger partial charge < -0.3 is 9.47 Å². The molecule has 6 nitrogen and oxygen atoms in total. The number of benzene rings is 1. The van der Waals surface area contributed by atoms with E-state index in [-0.39, 0.29) is 24.3 Å². The molecule has 1 atom stereocenters. The molecule has 1 aromatic carbocycles. The zero-order valence-corrected chi connectivity index (χ0v) is 13.6. The molecule has 3 heterocycles. The third kappa shape index (κ3) is 2.85. The number of hydrogen-bond donors (Lipinski definition) is 0. The fourth-order valence-corrected chi connectivity index (χ4v) is 3.85. The van der Waals surface area contributed by atoms with E-state index >= 15 is 0 Å². The van der Waals surface area contributed by atoms with Crippen molar-refractivity contribution in [2.75, 3.05) is 26.3 Å². The first kappa shape index (κ1) is 15.7. The Labute approximate surface area is 141 Å². The van der Waals surface area contributed by atoms with Crippen molar-refractivity contribution >= 4 is 11.8 Å². The quantitative estimate of drug-likeness (QED) is 0.778. The van der Waals surface area contributed by atoms with Gasteiger partial charge in [0.25, 0.3) is 0 Å². The summed E-state index contributed by atoms with van der Waals surface area (Å²) in [7, 11) is 0. The number of hydrogen-bond acceptors (Lipinski definition) is 5. The number of imide groups is 1. The highest BCUT2D eigenvalue weighted by molar-refractivity contribution is 6.05. The standard InChI is InChI=1S/C18H22N2O4/c21-16-12-15(17(22)20(16)13-14-4-2-1-3-5-14)19-8-6-18(7-9-19)23-10-11-24-18/h1-5,15H,6-13H2/t15-/m0/s1. The molecule has 0 saturated carbocycles. The summed E-state index contributed by atoms with van der Waals surface area (Å²) >= 11 is 0. The van der Waals surface area contributed by atoms with Crippen LogP contribution in [0.1, 0.15) is 24.8 Å². The van der Waals surface area contributed by atoms with Crippen molar-refractivity contribution in [3.05, 3.63) is 35.9 Å². The Balaban J connectivity index is 1.40. The summed E-state index contributed by atoms with van der Waals surface area (Å²) in [5.74, 6) is -0.609. The van der Waals surface area contributed by atoms with Crippen LogP contribution < -0.4 is 0 Å². The molecule has 0 radical (unpaired) electrons. The van der Waals surface area contributed by atoms with Crippen LogP contribution in [0, 0.1) is 0 Å².